The van der Waals surface area contributed by atoms with Crippen molar-refractivity contribution in [1.29, 1.82) is 0 Å². The highest BCUT2D eigenvalue weighted by atomic mass is 32.2. The predicted molar refractivity (Wildman–Crippen MR) is 111 cm³/mol. The molecular formula is C20H21F2N3O4S. The van der Waals surface area contributed by atoms with Crippen LogP contribution in [0.1, 0.15) is 17.3 Å². The monoisotopic (exact) mass is 437 g/mol. The number of carbonyl (C=O) groups excluding carboxylic acids is 2. The first kappa shape index (κ1) is 23.0. The van der Waals surface area contributed by atoms with Gasteiger partial charge in [-0.2, -0.15) is 0 Å². The van der Waals surface area contributed by atoms with Crippen LogP contribution in [0.3, 0.4) is 0 Å². The molecule has 0 aliphatic rings. The van der Waals surface area contributed by atoms with Crippen molar-refractivity contribution >= 4 is 33.2 Å². The maximum atomic E-state index is 13.6. The third kappa shape index (κ3) is 5.41. The molecule has 0 unspecified atom stereocenters. The standard InChI is InChI=1S/C20H21F2N3O4S/c1-4-11-23-20(27)15-7-5-6-8-18(15)24-19(26)13(2)25(30(3,28)29)14-9-10-16(21)17(22)12-14/h4-10,12-13H,1,11H2,2-3H3,(H,23,27)(H,24,26)/t13-/m0/s1. The second kappa shape index (κ2) is 9.49. The Bertz CT molecular complexity index is 1070. The van der Waals surface area contributed by atoms with Crippen molar-refractivity contribution in [2.75, 3.05) is 22.4 Å². The van der Waals surface area contributed by atoms with Crippen LogP contribution >= 0.6 is 0 Å². The van der Waals surface area contributed by atoms with E-state index in [0.717, 1.165) is 18.4 Å². The first-order valence-electron chi connectivity index (χ1n) is 8.79. The van der Waals surface area contributed by atoms with E-state index in [4.69, 9.17) is 0 Å². The lowest BCUT2D eigenvalue weighted by Crippen LogP contribution is -2.45. The summed E-state index contributed by atoms with van der Waals surface area (Å²) < 4.78 is 52.1. The average Bonchev–Trinajstić information content (AvgIpc) is 2.68. The Morgan fingerprint density at radius 3 is 2.43 bits per heavy atom. The van der Waals surface area contributed by atoms with Crippen LogP contribution in [0.2, 0.25) is 0 Å². The third-order valence-electron chi connectivity index (χ3n) is 4.08. The summed E-state index contributed by atoms with van der Waals surface area (Å²) in [7, 11) is -4.03. The maximum Gasteiger partial charge on any atom is 0.253 e. The minimum atomic E-state index is -4.03. The minimum absolute atomic E-state index is 0.162. The van der Waals surface area contributed by atoms with Crippen LogP contribution < -0.4 is 14.9 Å². The van der Waals surface area contributed by atoms with E-state index in [9.17, 15) is 26.8 Å². The fraction of sp³-hybridized carbons (Fsp3) is 0.200. The van der Waals surface area contributed by atoms with Crippen molar-refractivity contribution in [2.45, 2.75) is 13.0 Å². The van der Waals surface area contributed by atoms with Crippen LogP contribution in [-0.2, 0) is 14.8 Å². The van der Waals surface area contributed by atoms with E-state index in [1.165, 1.54) is 25.1 Å². The van der Waals surface area contributed by atoms with Crippen molar-refractivity contribution in [3.05, 3.63) is 72.3 Å². The number of anilines is 2. The summed E-state index contributed by atoms with van der Waals surface area (Å²) in [5, 5.41) is 5.10. The number of hydrogen-bond donors (Lipinski definition) is 2. The Kier molecular flexibility index (Phi) is 7.28. The van der Waals surface area contributed by atoms with Gasteiger partial charge in [0.25, 0.3) is 5.91 Å². The summed E-state index contributed by atoms with van der Waals surface area (Å²) >= 11 is 0. The first-order chi connectivity index (χ1) is 14.1. The number of rotatable bonds is 8. The van der Waals surface area contributed by atoms with Crippen LogP contribution in [0.4, 0.5) is 20.2 Å². The molecule has 0 fully saturated rings. The van der Waals surface area contributed by atoms with Crippen molar-refractivity contribution in [1.82, 2.24) is 5.32 Å². The number of carbonyl (C=O) groups is 2. The number of benzene rings is 2. The summed E-state index contributed by atoms with van der Waals surface area (Å²) in [6, 6.07) is 7.36. The van der Waals surface area contributed by atoms with Crippen LogP contribution in [-0.4, -0.2) is 39.1 Å². The number of sulfonamides is 1. The van der Waals surface area contributed by atoms with E-state index in [-0.39, 0.29) is 23.5 Å². The van der Waals surface area contributed by atoms with E-state index >= 15 is 0 Å². The van der Waals surface area contributed by atoms with Crippen molar-refractivity contribution in [3.8, 4) is 0 Å². The van der Waals surface area contributed by atoms with Crippen LogP contribution in [0.15, 0.2) is 55.1 Å². The molecule has 0 heterocycles. The fourth-order valence-electron chi connectivity index (χ4n) is 2.72. The SMILES string of the molecule is C=CCNC(=O)c1ccccc1NC(=O)[C@H](C)N(c1ccc(F)c(F)c1)S(C)(=O)=O. The van der Waals surface area contributed by atoms with Gasteiger partial charge in [-0.25, -0.2) is 17.2 Å². The first-order valence-corrected chi connectivity index (χ1v) is 10.6. The van der Waals surface area contributed by atoms with Gasteiger partial charge >= 0.3 is 0 Å². The molecule has 0 aromatic heterocycles. The molecule has 7 nitrogen and oxygen atoms in total. The fourth-order valence-corrected chi connectivity index (χ4v) is 3.88. The van der Waals surface area contributed by atoms with Crippen molar-refractivity contribution in [2.24, 2.45) is 0 Å². The van der Waals surface area contributed by atoms with E-state index < -0.39 is 39.5 Å². The van der Waals surface area contributed by atoms with Gasteiger partial charge in [0.05, 0.1) is 23.2 Å². The van der Waals surface area contributed by atoms with Gasteiger partial charge < -0.3 is 10.6 Å². The third-order valence-corrected chi connectivity index (χ3v) is 5.32. The number of nitrogens with zero attached hydrogens (tertiary/aromatic N) is 1. The Labute approximate surface area is 173 Å². The normalized spacial score (nSPS) is 12.0. The van der Waals surface area contributed by atoms with Crippen molar-refractivity contribution < 1.29 is 26.8 Å². The molecule has 2 aromatic carbocycles. The van der Waals surface area contributed by atoms with Gasteiger partial charge in [-0.3, -0.25) is 13.9 Å². The molecule has 0 bridgehead atoms. The van der Waals surface area contributed by atoms with Crippen LogP contribution in [0.25, 0.3) is 0 Å². The molecule has 2 aromatic rings. The average molecular weight is 437 g/mol. The summed E-state index contributed by atoms with van der Waals surface area (Å²) in [4.78, 5) is 25.0. The molecule has 2 N–H and O–H groups in total. The summed E-state index contributed by atoms with van der Waals surface area (Å²) in [5.74, 6) is -3.63. The molecule has 0 aliphatic heterocycles. The van der Waals surface area contributed by atoms with Gasteiger partial charge in [0, 0.05) is 12.6 Å². The van der Waals surface area contributed by atoms with E-state index in [1.54, 1.807) is 12.1 Å². The molecule has 30 heavy (non-hydrogen) atoms. The summed E-state index contributed by atoms with van der Waals surface area (Å²) in [6.45, 7) is 5.01. The van der Waals surface area contributed by atoms with E-state index in [2.05, 4.69) is 17.2 Å². The molecule has 1 atom stereocenters. The van der Waals surface area contributed by atoms with Gasteiger partial charge in [-0.1, -0.05) is 18.2 Å². The number of halogens is 2. The quantitative estimate of drug-likeness (QED) is 0.621. The highest BCUT2D eigenvalue weighted by molar-refractivity contribution is 7.92. The van der Waals surface area contributed by atoms with Gasteiger partial charge in [0.2, 0.25) is 15.9 Å². The largest absolute Gasteiger partial charge is 0.349 e. The second-order valence-electron chi connectivity index (χ2n) is 6.37. The Morgan fingerprint density at radius 2 is 1.83 bits per heavy atom. The van der Waals surface area contributed by atoms with Gasteiger partial charge in [-0.15, -0.1) is 6.58 Å². The summed E-state index contributed by atoms with van der Waals surface area (Å²) in [5.41, 5.74) is 0.115. The van der Waals surface area contributed by atoms with Gasteiger partial charge in [0.15, 0.2) is 11.6 Å². The molecular weight excluding hydrogens is 416 g/mol. The molecule has 0 radical (unpaired) electrons. The Balaban J connectivity index is 2.34. The zero-order valence-electron chi connectivity index (χ0n) is 16.4. The lowest BCUT2D eigenvalue weighted by Gasteiger charge is -2.28. The number of hydrogen-bond acceptors (Lipinski definition) is 4. The highest BCUT2D eigenvalue weighted by Crippen LogP contribution is 2.24. The number of nitrogens with one attached hydrogen (secondary N) is 2. The predicted octanol–water partition coefficient (Wildman–Crippen LogP) is 2.67. The lowest BCUT2D eigenvalue weighted by molar-refractivity contribution is -0.116. The van der Waals surface area contributed by atoms with Crippen LogP contribution in [0, 0.1) is 11.6 Å². The van der Waals surface area contributed by atoms with Crippen molar-refractivity contribution in [3.63, 3.8) is 0 Å². The molecule has 0 saturated heterocycles. The second-order valence-corrected chi connectivity index (χ2v) is 8.23. The molecule has 160 valence electrons. The molecule has 0 aliphatic carbocycles. The minimum Gasteiger partial charge on any atom is -0.349 e. The van der Waals surface area contributed by atoms with E-state index in [1.807, 2.05) is 0 Å². The van der Waals surface area contributed by atoms with Crippen LogP contribution in [0.5, 0.6) is 0 Å². The maximum absolute atomic E-state index is 13.6. The Morgan fingerprint density at radius 1 is 1.17 bits per heavy atom. The van der Waals surface area contributed by atoms with E-state index in [0.29, 0.717) is 10.4 Å². The molecule has 0 saturated carbocycles. The highest BCUT2D eigenvalue weighted by Gasteiger charge is 2.30. The number of para-hydroxylation sites is 1. The lowest BCUT2D eigenvalue weighted by atomic mass is 10.1. The topological polar surface area (TPSA) is 95.6 Å². The zero-order chi connectivity index (χ0) is 22.5. The molecule has 2 amide bonds. The van der Waals surface area contributed by atoms with Gasteiger partial charge in [-0.05, 0) is 31.2 Å². The molecule has 0 spiro atoms. The molecule has 10 heteroatoms. The summed E-state index contributed by atoms with van der Waals surface area (Å²) in [6.07, 6.45) is 2.34. The smallest absolute Gasteiger partial charge is 0.253 e. The Hall–Kier alpha value is -3.27. The van der Waals surface area contributed by atoms with Gasteiger partial charge in [0.1, 0.15) is 6.04 Å². The zero-order valence-corrected chi connectivity index (χ0v) is 17.2. The molecule has 2 rings (SSSR count). The number of amides is 2.